The lowest BCUT2D eigenvalue weighted by atomic mass is 10.2. The first-order valence-corrected chi connectivity index (χ1v) is 7.58. The van der Waals surface area contributed by atoms with E-state index >= 15 is 0 Å². The monoisotopic (exact) mass is 317 g/mol. The third-order valence-electron chi connectivity index (χ3n) is 3.74. The molecule has 2 amide bonds. The molecule has 0 bridgehead atoms. The number of nitrogens with one attached hydrogen (secondary N) is 2. The molecule has 6 heteroatoms. The molecule has 0 unspecified atom stereocenters. The maximum absolute atomic E-state index is 11.8. The van der Waals surface area contributed by atoms with Gasteiger partial charge in [-0.05, 0) is 13.3 Å². The van der Waals surface area contributed by atoms with Crippen molar-refractivity contribution in [1.82, 2.24) is 10.6 Å². The number of hydrogen-bond donors (Lipinski definition) is 2. The molecule has 1 saturated heterocycles. The summed E-state index contributed by atoms with van der Waals surface area (Å²) in [6, 6.07) is 5.73. The fourth-order valence-electron chi connectivity index (χ4n) is 2.54. The van der Waals surface area contributed by atoms with E-state index in [0.717, 1.165) is 36.7 Å². The predicted octanol–water partition coefficient (Wildman–Crippen LogP) is 1.60. The van der Waals surface area contributed by atoms with Crippen LogP contribution in [0.2, 0.25) is 0 Å². The van der Waals surface area contributed by atoms with E-state index in [1.54, 1.807) is 21.1 Å². The van der Waals surface area contributed by atoms with Crippen LogP contribution in [0, 0.1) is 11.8 Å². The molecule has 1 aliphatic heterocycles. The molecular weight excluding hydrogens is 294 g/mol. The number of ether oxygens (including phenoxy) is 2. The van der Waals surface area contributed by atoms with E-state index in [1.165, 1.54) is 0 Å². The van der Waals surface area contributed by atoms with Crippen LogP contribution >= 0.6 is 0 Å². The van der Waals surface area contributed by atoms with Gasteiger partial charge in [0.2, 0.25) is 0 Å². The smallest absolute Gasteiger partial charge is 0.315 e. The number of hydrogen-bond acceptors (Lipinski definition) is 4. The number of carbonyl (C=O) groups excluding carboxylic acids is 1. The van der Waals surface area contributed by atoms with Gasteiger partial charge in [0, 0.05) is 43.0 Å². The van der Waals surface area contributed by atoms with E-state index in [1.807, 2.05) is 18.2 Å². The van der Waals surface area contributed by atoms with E-state index in [9.17, 15) is 4.79 Å². The Bertz CT molecular complexity index is 585. The van der Waals surface area contributed by atoms with Gasteiger partial charge in [-0.2, -0.15) is 0 Å². The number of methoxy groups -OCH3 is 2. The summed E-state index contributed by atoms with van der Waals surface area (Å²) in [4.78, 5) is 14.0. The van der Waals surface area contributed by atoms with Crippen LogP contribution in [-0.2, 0) is 0 Å². The molecular formula is C17H23N3O3. The van der Waals surface area contributed by atoms with Crippen molar-refractivity contribution in [1.29, 1.82) is 0 Å². The zero-order valence-electron chi connectivity index (χ0n) is 13.8. The quantitative estimate of drug-likeness (QED) is 0.810. The van der Waals surface area contributed by atoms with Crippen molar-refractivity contribution >= 4 is 11.7 Å². The van der Waals surface area contributed by atoms with Gasteiger partial charge in [-0.1, -0.05) is 5.92 Å². The summed E-state index contributed by atoms with van der Waals surface area (Å²) in [6.45, 7) is 3.74. The van der Waals surface area contributed by atoms with E-state index in [-0.39, 0.29) is 12.1 Å². The molecule has 0 aromatic heterocycles. The van der Waals surface area contributed by atoms with Crippen LogP contribution < -0.4 is 25.0 Å². The Labute approximate surface area is 137 Å². The minimum Gasteiger partial charge on any atom is -0.497 e. The van der Waals surface area contributed by atoms with Crippen molar-refractivity contribution in [2.24, 2.45) is 0 Å². The van der Waals surface area contributed by atoms with Crippen molar-refractivity contribution in [2.45, 2.75) is 19.4 Å². The number of benzene rings is 1. The molecule has 1 aromatic carbocycles. The highest BCUT2D eigenvalue weighted by Crippen LogP contribution is 2.30. The second kappa shape index (κ2) is 8.18. The Morgan fingerprint density at radius 1 is 1.30 bits per heavy atom. The van der Waals surface area contributed by atoms with Crippen LogP contribution in [0.15, 0.2) is 18.2 Å². The lowest BCUT2D eigenvalue weighted by Crippen LogP contribution is -2.43. The topological polar surface area (TPSA) is 62.8 Å². The highest BCUT2D eigenvalue weighted by molar-refractivity contribution is 5.74. The summed E-state index contributed by atoms with van der Waals surface area (Å²) < 4.78 is 10.6. The number of anilines is 1. The lowest BCUT2D eigenvalue weighted by Gasteiger charge is -2.20. The first kappa shape index (κ1) is 16.8. The number of amides is 2. The number of urea groups is 1. The van der Waals surface area contributed by atoms with Crippen molar-refractivity contribution in [3.8, 4) is 23.3 Å². The first-order chi connectivity index (χ1) is 11.2. The number of carbonyl (C=O) groups is 1. The van der Waals surface area contributed by atoms with Crippen LogP contribution in [0.5, 0.6) is 11.5 Å². The summed E-state index contributed by atoms with van der Waals surface area (Å²) in [6.07, 6.45) is 0.895. The fraction of sp³-hybridized carbons (Fsp3) is 0.471. The number of rotatable bonds is 5. The van der Waals surface area contributed by atoms with E-state index in [0.29, 0.717) is 6.54 Å². The van der Waals surface area contributed by atoms with Gasteiger partial charge in [-0.3, -0.25) is 0 Å². The predicted molar refractivity (Wildman–Crippen MR) is 90.1 cm³/mol. The van der Waals surface area contributed by atoms with Crippen LogP contribution in [0.4, 0.5) is 10.5 Å². The standard InChI is InChI=1S/C17H23N3O3/c1-4-5-7-18-17(21)19-13-6-8-20(12-13)14-9-15(22-2)11-16(10-14)23-3/h9-11,13H,6-8,12H2,1-3H3,(H2,18,19,21)/t13-/m0/s1. The van der Waals surface area contributed by atoms with Gasteiger partial charge in [-0.25, -0.2) is 4.79 Å². The highest BCUT2D eigenvalue weighted by atomic mass is 16.5. The Hall–Kier alpha value is -2.55. The third kappa shape index (κ3) is 4.71. The SMILES string of the molecule is CC#CCNC(=O)N[C@H]1CCN(c2cc(OC)cc(OC)c2)C1. The Balaban J connectivity index is 1.94. The van der Waals surface area contributed by atoms with Gasteiger partial charge in [-0.15, -0.1) is 5.92 Å². The lowest BCUT2D eigenvalue weighted by molar-refractivity contribution is 0.239. The summed E-state index contributed by atoms with van der Waals surface area (Å²) in [5.74, 6) is 7.06. The van der Waals surface area contributed by atoms with Crippen molar-refractivity contribution in [3.05, 3.63) is 18.2 Å². The molecule has 0 spiro atoms. The second-order valence-electron chi connectivity index (χ2n) is 5.26. The van der Waals surface area contributed by atoms with Gasteiger partial charge < -0.3 is 25.0 Å². The average molecular weight is 317 g/mol. The molecule has 2 rings (SSSR count). The number of nitrogens with zero attached hydrogens (tertiary/aromatic N) is 1. The summed E-state index contributed by atoms with van der Waals surface area (Å²) >= 11 is 0. The maximum atomic E-state index is 11.8. The van der Waals surface area contributed by atoms with E-state index in [4.69, 9.17) is 9.47 Å². The fourth-order valence-corrected chi connectivity index (χ4v) is 2.54. The molecule has 0 saturated carbocycles. The maximum Gasteiger partial charge on any atom is 0.315 e. The van der Waals surface area contributed by atoms with Gasteiger partial charge in [0.15, 0.2) is 0 Å². The molecule has 2 N–H and O–H groups in total. The van der Waals surface area contributed by atoms with E-state index < -0.39 is 0 Å². The molecule has 1 atom stereocenters. The molecule has 23 heavy (non-hydrogen) atoms. The summed E-state index contributed by atoms with van der Waals surface area (Å²) in [5.41, 5.74) is 1.03. The van der Waals surface area contributed by atoms with Crippen LogP contribution in [0.3, 0.4) is 0 Å². The van der Waals surface area contributed by atoms with E-state index in [2.05, 4.69) is 27.4 Å². The molecule has 1 aromatic rings. The zero-order valence-corrected chi connectivity index (χ0v) is 13.8. The molecule has 1 heterocycles. The van der Waals surface area contributed by atoms with Gasteiger partial charge in [0.05, 0.1) is 20.8 Å². The molecule has 124 valence electrons. The van der Waals surface area contributed by atoms with Gasteiger partial charge in [0.1, 0.15) is 11.5 Å². The Morgan fingerprint density at radius 3 is 2.61 bits per heavy atom. The minimum atomic E-state index is -0.178. The van der Waals surface area contributed by atoms with Crippen LogP contribution in [-0.4, -0.2) is 45.9 Å². The van der Waals surface area contributed by atoms with Gasteiger partial charge >= 0.3 is 6.03 Å². The largest absolute Gasteiger partial charge is 0.497 e. The molecule has 1 aliphatic rings. The second-order valence-corrected chi connectivity index (χ2v) is 5.26. The van der Waals surface area contributed by atoms with Crippen LogP contribution in [0.25, 0.3) is 0 Å². The average Bonchev–Trinajstić information content (AvgIpc) is 3.03. The molecule has 6 nitrogen and oxygen atoms in total. The van der Waals surface area contributed by atoms with Crippen molar-refractivity contribution in [2.75, 3.05) is 38.8 Å². The third-order valence-corrected chi connectivity index (χ3v) is 3.74. The Morgan fingerprint density at radius 2 is 2.00 bits per heavy atom. The molecule has 1 fully saturated rings. The van der Waals surface area contributed by atoms with Crippen molar-refractivity contribution in [3.63, 3.8) is 0 Å². The Kier molecular flexibility index (Phi) is 5.98. The normalized spacial score (nSPS) is 16.3. The van der Waals surface area contributed by atoms with Crippen molar-refractivity contribution < 1.29 is 14.3 Å². The minimum absolute atomic E-state index is 0.113. The zero-order chi connectivity index (χ0) is 16.7. The first-order valence-electron chi connectivity index (χ1n) is 7.58. The highest BCUT2D eigenvalue weighted by Gasteiger charge is 2.24. The van der Waals surface area contributed by atoms with Crippen LogP contribution in [0.1, 0.15) is 13.3 Å². The molecule has 0 aliphatic carbocycles. The summed E-state index contributed by atoms with van der Waals surface area (Å²) in [7, 11) is 3.27. The molecule has 0 radical (unpaired) electrons. The van der Waals surface area contributed by atoms with Gasteiger partial charge in [0.25, 0.3) is 0 Å². The summed E-state index contributed by atoms with van der Waals surface area (Å²) in [5, 5.41) is 5.69.